The Morgan fingerprint density at radius 3 is 0.238 bits per heavy atom. The molecular formula is C84H20. The van der Waals surface area contributed by atoms with E-state index in [-0.39, 0.29) is 0 Å². The minimum Gasteiger partial charge on any atom is -0.0531 e. The largest absolute Gasteiger partial charge is 0.0531 e. The summed E-state index contributed by atoms with van der Waals surface area (Å²) in [7, 11) is 0. The molecule has 0 bridgehead atoms. The molecule has 0 heterocycles. The second-order valence-corrected chi connectivity index (χ2v) is 28.1. The summed E-state index contributed by atoms with van der Waals surface area (Å²) in [5.41, 5.74) is 0. The van der Waals surface area contributed by atoms with Gasteiger partial charge in [0.25, 0.3) is 0 Å². The minimum absolute atomic E-state index is 1.44. The Morgan fingerprint density at radius 2 is 0.119 bits per heavy atom. The Bertz CT molecular complexity index is 8350. The van der Waals surface area contributed by atoms with Crippen molar-refractivity contribution in [3.8, 4) is 0 Å². The standard InChI is InChI=1S/C84H20/c1-5-25-29-9-15-35-55-49(29)45(25)41-21(1)23-3-7-27-31-13-19-39-59(51(31)47(27)43(23)41)71-65(39)73-74-66-40-20-14-32-28-8-4-24-22-2-6-26-30-10-16-36-56-50(30)46(26)42(22)44(24)48(28)52(32)60(40)72(66)80-76-68(56)62(36)64-38-18-12-34-33-11-17-37-57-53(33)54(34)58(38)70(64)78(76)84(80)82(74)81(73)83-77-69(57)63(37)61(35)67(55)75(77)79(71)83/h1-20H. The van der Waals surface area contributed by atoms with Crippen LogP contribution in [-0.4, -0.2) is 0 Å². The highest BCUT2D eigenvalue weighted by molar-refractivity contribution is 6.76. The molecule has 0 saturated carbocycles. The van der Waals surface area contributed by atoms with Crippen LogP contribution in [-0.2, 0) is 0 Å². The maximum Gasteiger partial charge on any atom is -0.0000000147 e. The van der Waals surface area contributed by atoms with Crippen LogP contribution in [0.15, 0.2) is 121 Å². The van der Waals surface area contributed by atoms with Crippen LogP contribution in [0.1, 0.15) is 0 Å². The van der Waals surface area contributed by atoms with Crippen molar-refractivity contribution in [1.29, 1.82) is 0 Å². The van der Waals surface area contributed by atoms with Crippen LogP contribution in [0.5, 0.6) is 0 Å². The Morgan fingerprint density at radius 1 is 0.0595 bits per heavy atom. The summed E-state index contributed by atoms with van der Waals surface area (Å²) < 4.78 is 0. The van der Waals surface area contributed by atoms with Crippen LogP contribution in [0.4, 0.5) is 0 Å². The van der Waals surface area contributed by atoms with Crippen LogP contribution >= 0.6 is 0 Å². The van der Waals surface area contributed by atoms with Gasteiger partial charge in [0.15, 0.2) is 0 Å². The van der Waals surface area contributed by atoms with Crippen molar-refractivity contribution < 1.29 is 0 Å². The zero-order chi connectivity index (χ0) is 51.1. The Kier molecular flexibility index (Phi) is 3.69. The summed E-state index contributed by atoms with van der Waals surface area (Å²) in [4.78, 5) is 0. The van der Waals surface area contributed by atoms with Gasteiger partial charge in [0.1, 0.15) is 0 Å². The molecule has 0 saturated heterocycles. The molecule has 0 atom stereocenters. The first kappa shape index (κ1) is 34.4. The second kappa shape index (κ2) is 9.01. The van der Waals surface area contributed by atoms with Gasteiger partial charge in [-0.15, -0.1) is 0 Å². The monoisotopic (exact) mass is 1030 g/mol. The van der Waals surface area contributed by atoms with Crippen molar-refractivity contribution in [3.63, 3.8) is 0 Å². The first-order chi connectivity index (χ1) is 41.8. The fraction of sp³-hybridized carbons (Fsp3) is 0. The molecule has 0 spiro atoms. The summed E-state index contributed by atoms with van der Waals surface area (Å²) >= 11 is 0. The Balaban J connectivity index is 0.927. The number of rotatable bonds is 0. The van der Waals surface area contributed by atoms with E-state index in [9.17, 15) is 0 Å². The molecule has 0 aliphatic carbocycles. The maximum absolute atomic E-state index is 2.56. The van der Waals surface area contributed by atoms with Crippen molar-refractivity contribution in [2.45, 2.75) is 0 Å². The summed E-state index contributed by atoms with van der Waals surface area (Å²) in [5, 5.41) is 96.7. The average molecular weight is 1030 g/mol. The fourth-order valence-electron chi connectivity index (χ4n) is 23.7. The molecule has 0 unspecified atom stereocenters. The Labute approximate surface area is 463 Å². The molecule has 0 amide bonds. The molecule has 0 nitrogen and oxygen atoms in total. The van der Waals surface area contributed by atoms with E-state index in [0.29, 0.717) is 0 Å². The van der Waals surface area contributed by atoms with E-state index < -0.39 is 0 Å². The summed E-state index contributed by atoms with van der Waals surface area (Å²) in [6.45, 7) is 0. The molecule has 33 aromatic rings. The molecular weight excluding hydrogens is 1010 g/mol. The molecule has 0 N–H and O–H groups in total. The molecule has 0 heteroatoms. The van der Waals surface area contributed by atoms with E-state index in [1.54, 1.807) is 97.0 Å². The van der Waals surface area contributed by atoms with E-state index in [2.05, 4.69) is 121 Å². The highest BCUT2D eigenvalue weighted by atomic mass is 14.4. The fourth-order valence-corrected chi connectivity index (χ4v) is 23.7. The third-order valence-electron chi connectivity index (χ3n) is 26.5. The summed E-state index contributed by atoms with van der Waals surface area (Å²) in [6.07, 6.45) is 0. The van der Waals surface area contributed by atoms with Crippen LogP contribution in [0.3, 0.4) is 0 Å². The van der Waals surface area contributed by atoms with E-state index in [4.69, 9.17) is 0 Å². The Hall–Kier alpha value is -10.9. The zero-order valence-corrected chi connectivity index (χ0v) is 43.5. The highest BCUT2D eigenvalue weighted by Gasteiger charge is 2.43. The summed E-state index contributed by atoms with van der Waals surface area (Å²) in [5.74, 6) is 0. The predicted octanol–water partition coefficient (Wildman–Crippen LogP) is 24.5. The summed E-state index contributed by atoms with van der Waals surface area (Å²) in [6, 6.07) is 49.9. The lowest BCUT2D eigenvalue weighted by molar-refractivity contribution is 1.84. The van der Waals surface area contributed by atoms with Crippen LogP contribution in [0.2, 0.25) is 0 Å². The molecule has 0 aliphatic heterocycles. The van der Waals surface area contributed by atoms with Crippen molar-refractivity contribution in [2.24, 2.45) is 0 Å². The minimum atomic E-state index is 1.44. The quantitative estimate of drug-likeness (QED) is 0.142. The molecule has 0 aromatic heterocycles. The van der Waals surface area contributed by atoms with Gasteiger partial charge in [0.05, 0.1) is 0 Å². The normalized spacial score (nSPS) is 15.6. The average Bonchev–Trinajstić information content (AvgIpc) is 0.611. The molecule has 0 aliphatic rings. The van der Waals surface area contributed by atoms with Gasteiger partial charge < -0.3 is 0 Å². The van der Waals surface area contributed by atoms with E-state index in [0.717, 1.165) is 0 Å². The number of fused-ring (bicyclic) bond motifs is 18. The van der Waals surface area contributed by atoms with E-state index in [1.165, 1.54) is 248 Å². The predicted molar refractivity (Wildman–Crippen MR) is 366 cm³/mol. The van der Waals surface area contributed by atoms with Gasteiger partial charge in [-0.3, -0.25) is 0 Å². The topological polar surface area (TPSA) is 0 Å². The van der Waals surface area contributed by atoms with Crippen LogP contribution in [0.25, 0.3) is 345 Å². The second-order valence-electron chi connectivity index (χ2n) is 28.1. The molecule has 0 radical (unpaired) electrons. The number of hydrogen-bond acceptors (Lipinski definition) is 0. The maximum atomic E-state index is 2.56. The van der Waals surface area contributed by atoms with Crippen molar-refractivity contribution in [3.05, 3.63) is 121 Å². The smallest absolute Gasteiger partial charge is 0.0000000147 e. The van der Waals surface area contributed by atoms with Gasteiger partial charge in [-0.05, 0) is 345 Å². The van der Waals surface area contributed by atoms with Gasteiger partial charge in [-0.1, -0.05) is 121 Å². The highest BCUT2D eigenvalue weighted by Crippen LogP contribution is 2.73. The van der Waals surface area contributed by atoms with Crippen molar-refractivity contribution in [2.75, 3.05) is 0 Å². The van der Waals surface area contributed by atoms with Crippen molar-refractivity contribution >= 4 is 345 Å². The van der Waals surface area contributed by atoms with Gasteiger partial charge in [0.2, 0.25) is 0 Å². The third kappa shape index (κ3) is 2.38. The molecule has 0 fully saturated rings. The zero-order valence-electron chi connectivity index (χ0n) is 43.5. The van der Waals surface area contributed by atoms with Gasteiger partial charge >= 0.3 is 0 Å². The van der Waals surface area contributed by atoms with E-state index >= 15 is 0 Å². The first-order valence-electron chi connectivity index (χ1n) is 30.6. The molecule has 356 valence electrons. The molecule has 33 aromatic carbocycles. The van der Waals surface area contributed by atoms with Crippen LogP contribution < -0.4 is 0 Å². The lowest BCUT2D eigenvalue weighted by Crippen LogP contribution is -2.08. The molecule has 33 rings (SSSR count). The number of benzene rings is 14. The van der Waals surface area contributed by atoms with Crippen LogP contribution in [0, 0.1) is 0 Å². The van der Waals surface area contributed by atoms with Gasteiger partial charge in [-0.25, -0.2) is 0 Å². The third-order valence-corrected chi connectivity index (χ3v) is 26.5. The first-order valence-corrected chi connectivity index (χ1v) is 30.6. The molecule has 84 heavy (non-hydrogen) atoms. The SMILES string of the molecule is c1cc2c3ccc4c5c3c2c2c1c1ccc3c6ccc7c(c6c3c12)c1c7c2c3c6c7ccc8c9ccc%10c%11ccc%12c%13ccc%14c%15c%13c%12c%11c%10c9c8c7c6c6c7c%15c%14c8c9ccc%10c%11ccc%12c%13c%11c%10c9c8c7c6c3c2c2c3c%13c%12c4c5c3c12. The van der Waals surface area contributed by atoms with Gasteiger partial charge in [-0.2, -0.15) is 0 Å². The lowest BCUT2D eigenvalue weighted by Gasteiger charge is -2.37. The van der Waals surface area contributed by atoms with Crippen molar-refractivity contribution in [1.82, 2.24) is 0 Å². The lowest BCUT2D eigenvalue weighted by atomic mass is 9.64. The van der Waals surface area contributed by atoms with E-state index in [1.807, 2.05) is 0 Å². The number of hydrogen-bond donors (Lipinski definition) is 0. The van der Waals surface area contributed by atoms with Gasteiger partial charge in [0, 0.05) is 0 Å².